The summed E-state index contributed by atoms with van der Waals surface area (Å²) < 4.78 is 29.7. The van der Waals surface area contributed by atoms with Crippen molar-refractivity contribution < 1.29 is 28.2 Å². The zero-order valence-electron chi connectivity index (χ0n) is 16.1. The number of aliphatic hydroxyl groups excluding tert-OH is 2. The molecule has 1 aromatic heterocycles. The van der Waals surface area contributed by atoms with E-state index in [0.29, 0.717) is 0 Å². The number of hydrogen-bond acceptors (Lipinski definition) is 8. The van der Waals surface area contributed by atoms with Gasteiger partial charge in [0.2, 0.25) is 10.0 Å². The smallest absolute Gasteiger partial charge is 0.271 e. The van der Waals surface area contributed by atoms with Gasteiger partial charge in [0.1, 0.15) is 11.8 Å². The van der Waals surface area contributed by atoms with Gasteiger partial charge in [0.15, 0.2) is 5.13 Å². The van der Waals surface area contributed by atoms with Gasteiger partial charge < -0.3 is 20.3 Å². The highest BCUT2D eigenvalue weighted by Gasteiger charge is 2.29. The standard InChI is InChI=1S/C18H25N3O6S2/c1-27-9-8-15(22)16(23)13(10-12-6-4-3-5-7-12)19-17(24)14-11-28-18(20-14)21-29(2,25)26/h3-7,11,13,15-16,22-23H,8-10H2,1-2H3,(H,19,24)(H,20,21). The van der Waals surface area contributed by atoms with Gasteiger partial charge in [0.05, 0.1) is 18.4 Å². The van der Waals surface area contributed by atoms with Crippen LogP contribution in [0.5, 0.6) is 0 Å². The number of sulfonamides is 1. The highest BCUT2D eigenvalue weighted by atomic mass is 32.2. The lowest BCUT2D eigenvalue weighted by molar-refractivity contribution is -0.0177. The van der Waals surface area contributed by atoms with Crippen LogP contribution in [-0.2, 0) is 21.2 Å². The van der Waals surface area contributed by atoms with Gasteiger partial charge in [-0.25, -0.2) is 13.4 Å². The zero-order valence-corrected chi connectivity index (χ0v) is 17.7. The molecule has 0 fully saturated rings. The van der Waals surface area contributed by atoms with E-state index in [1.807, 2.05) is 30.3 Å². The van der Waals surface area contributed by atoms with E-state index in [-0.39, 0.29) is 30.3 Å². The predicted molar refractivity (Wildman–Crippen MR) is 110 cm³/mol. The van der Waals surface area contributed by atoms with Gasteiger partial charge in [0.25, 0.3) is 5.91 Å². The summed E-state index contributed by atoms with van der Waals surface area (Å²) in [6, 6.07) is 8.45. The van der Waals surface area contributed by atoms with Crippen LogP contribution < -0.4 is 10.0 Å². The first-order valence-corrected chi connectivity index (χ1v) is 11.6. The monoisotopic (exact) mass is 443 g/mol. The molecule has 3 atom stereocenters. The van der Waals surface area contributed by atoms with Crippen molar-refractivity contribution >= 4 is 32.4 Å². The summed E-state index contributed by atoms with van der Waals surface area (Å²) in [5.41, 5.74) is 0.881. The Kier molecular flexibility index (Phi) is 8.53. The Bertz CT molecular complexity index is 888. The zero-order chi connectivity index (χ0) is 21.4. The number of thiazole rings is 1. The molecule has 0 bridgehead atoms. The highest BCUT2D eigenvalue weighted by molar-refractivity contribution is 7.92. The molecule has 0 saturated heterocycles. The SMILES string of the molecule is COCCC(O)C(O)C(Cc1ccccc1)NC(=O)c1csc(NS(C)(=O)=O)n1. The van der Waals surface area contributed by atoms with E-state index in [4.69, 9.17) is 4.74 Å². The summed E-state index contributed by atoms with van der Waals surface area (Å²) in [5.74, 6) is -0.582. The highest BCUT2D eigenvalue weighted by Crippen LogP contribution is 2.17. The van der Waals surface area contributed by atoms with Crippen LogP contribution in [0.3, 0.4) is 0 Å². The summed E-state index contributed by atoms with van der Waals surface area (Å²) in [7, 11) is -2.01. The molecule has 2 aromatic rings. The third kappa shape index (κ3) is 7.71. The molecule has 1 amide bonds. The number of carbonyl (C=O) groups excluding carboxylic acids is 1. The molecular weight excluding hydrogens is 418 g/mol. The third-order valence-electron chi connectivity index (χ3n) is 4.05. The quantitative estimate of drug-likeness (QED) is 0.399. The molecule has 0 aliphatic heterocycles. The first-order chi connectivity index (χ1) is 13.7. The van der Waals surface area contributed by atoms with Gasteiger partial charge in [-0.3, -0.25) is 9.52 Å². The van der Waals surface area contributed by atoms with Gasteiger partial charge in [-0.1, -0.05) is 30.3 Å². The Hall–Kier alpha value is -2.05. The number of anilines is 1. The van der Waals surface area contributed by atoms with E-state index in [2.05, 4.69) is 15.0 Å². The third-order valence-corrected chi connectivity index (χ3v) is 5.50. The molecule has 0 spiro atoms. The van der Waals surface area contributed by atoms with Crippen molar-refractivity contribution in [2.75, 3.05) is 24.7 Å². The number of rotatable bonds is 11. The second-order valence-corrected chi connectivity index (χ2v) is 9.13. The first kappa shape index (κ1) is 23.2. The van der Waals surface area contributed by atoms with Crippen LogP contribution in [0.4, 0.5) is 5.13 Å². The minimum absolute atomic E-state index is 0.0118. The van der Waals surface area contributed by atoms with Crippen molar-refractivity contribution in [3.8, 4) is 0 Å². The molecule has 1 heterocycles. The number of ether oxygens (including phenoxy) is 1. The van der Waals surface area contributed by atoms with Gasteiger partial charge in [-0.2, -0.15) is 0 Å². The van der Waals surface area contributed by atoms with Gasteiger partial charge >= 0.3 is 0 Å². The van der Waals surface area contributed by atoms with Crippen LogP contribution in [0.25, 0.3) is 0 Å². The topological polar surface area (TPSA) is 138 Å². The summed E-state index contributed by atoms with van der Waals surface area (Å²) in [6.45, 7) is 0.261. The maximum Gasteiger partial charge on any atom is 0.271 e. The van der Waals surface area contributed by atoms with Crippen LogP contribution >= 0.6 is 11.3 Å². The van der Waals surface area contributed by atoms with Crippen molar-refractivity contribution in [1.29, 1.82) is 0 Å². The summed E-state index contributed by atoms with van der Waals surface area (Å²) in [6.07, 6.45) is -0.848. The van der Waals surface area contributed by atoms with Crippen LogP contribution in [0.15, 0.2) is 35.7 Å². The average Bonchev–Trinajstić information content (AvgIpc) is 3.12. The second-order valence-electron chi connectivity index (χ2n) is 6.52. The molecule has 0 aliphatic carbocycles. The fraction of sp³-hybridized carbons (Fsp3) is 0.444. The summed E-state index contributed by atoms with van der Waals surface area (Å²) in [5, 5.41) is 25.0. The van der Waals surface area contributed by atoms with E-state index in [9.17, 15) is 23.4 Å². The fourth-order valence-electron chi connectivity index (χ4n) is 2.63. The van der Waals surface area contributed by atoms with Gasteiger partial charge in [-0.05, 0) is 18.4 Å². The van der Waals surface area contributed by atoms with Gasteiger partial charge in [0, 0.05) is 19.1 Å². The maximum atomic E-state index is 12.6. The Balaban J connectivity index is 2.14. The van der Waals surface area contributed by atoms with E-state index >= 15 is 0 Å². The van der Waals surface area contributed by atoms with Gasteiger partial charge in [-0.15, -0.1) is 11.3 Å². The minimum atomic E-state index is -3.51. The number of nitrogens with one attached hydrogen (secondary N) is 2. The average molecular weight is 444 g/mol. The number of benzene rings is 1. The lowest BCUT2D eigenvalue weighted by Crippen LogP contribution is -2.50. The Morgan fingerprint density at radius 2 is 1.97 bits per heavy atom. The van der Waals surface area contributed by atoms with Crippen molar-refractivity contribution in [2.45, 2.75) is 31.1 Å². The Morgan fingerprint density at radius 1 is 1.28 bits per heavy atom. The van der Waals surface area contributed by atoms with E-state index in [1.165, 1.54) is 12.5 Å². The minimum Gasteiger partial charge on any atom is -0.390 e. The van der Waals surface area contributed by atoms with E-state index < -0.39 is 34.2 Å². The van der Waals surface area contributed by atoms with Crippen LogP contribution in [-0.4, -0.2) is 67.7 Å². The molecule has 0 aliphatic rings. The number of aromatic nitrogens is 1. The molecule has 0 radical (unpaired) electrons. The number of amides is 1. The van der Waals surface area contributed by atoms with E-state index in [0.717, 1.165) is 23.2 Å². The summed E-state index contributed by atoms with van der Waals surface area (Å²) >= 11 is 0.971. The van der Waals surface area contributed by atoms with Crippen LogP contribution in [0, 0.1) is 0 Å². The molecule has 3 unspecified atom stereocenters. The molecule has 2 rings (SSSR count). The van der Waals surface area contributed by atoms with Crippen molar-refractivity contribution in [2.24, 2.45) is 0 Å². The largest absolute Gasteiger partial charge is 0.390 e. The molecule has 11 heteroatoms. The number of aliphatic hydroxyl groups is 2. The normalized spacial score (nSPS) is 14.8. The molecular formula is C18H25N3O6S2. The number of hydrogen-bond donors (Lipinski definition) is 4. The van der Waals surface area contributed by atoms with Crippen molar-refractivity contribution in [1.82, 2.24) is 10.3 Å². The number of nitrogens with zero attached hydrogens (tertiary/aromatic N) is 1. The second kappa shape index (κ2) is 10.6. The van der Waals surface area contributed by atoms with Crippen LogP contribution in [0.1, 0.15) is 22.5 Å². The molecule has 9 nitrogen and oxygen atoms in total. The molecule has 29 heavy (non-hydrogen) atoms. The summed E-state index contributed by atoms with van der Waals surface area (Å²) in [4.78, 5) is 16.6. The Labute approximate surface area is 173 Å². The fourth-order valence-corrected chi connectivity index (χ4v) is 4.17. The number of methoxy groups -OCH3 is 1. The van der Waals surface area contributed by atoms with Crippen molar-refractivity contribution in [3.05, 3.63) is 47.0 Å². The maximum absolute atomic E-state index is 12.6. The molecule has 4 N–H and O–H groups in total. The predicted octanol–water partition coefficient (Wildman–Crippen LogP) is 0.614. The molecule has 1 aromatic carbocycles. The Morgan fingerprint density at radius 3 is 2.59 bits per heavy atom. The molecule has 160 valence electrons. The van der Waals surface area contributed by atoms with Crippen LogP contribution in [0.2, 0.25) is 0 Å². The molecule has 0 saturated carbocycles. The number of carbonyl (C=O) groups is 1. The van der Waals surface area contributed by atoms with Crippen molar-refractivity contribution in [3.63, 3.8) is 0 Å². The lowest BCUT2D eigenvalue weighted by atomic mass is 9.96. The van der Waals surface area contributed by atoms with E-state index in [1.54, 1.807) is 0 Å². The first-order valence-electron chi connectivity index (χ1n) is 8.82. The lowest BCUT2D eigenvalue weighted by Gasteiger charge is -2.27.